The third kappa shape index (κ3) is 3.23. The van der Waals surface area contributed by atoms with E-state index in [0.29, 0.717) is 12.6 Å². The summed E-state index contributed by atoms with van der Waals surface area (Å²) in [5, 5.41) is 0. The van der Waals surface area contributed by atoms with Crippen molar-refractivity contribution < 1.29 is 4.74 Å². The zero-order valence-corrected chi connectivity index (χ0v) is 13.2. The minimum Gasteiger partial charge on any atom is -0.496 e. The third-order valence-electron chi connectivity index (χ3n) is 4.88. The highest BCUT2D eigenvalue weighted by molar-refractivity contribution is 5.37. The Morgan fingerprint density at radius 1 is 1.24 bits per heavy atom. The van der Waals surface area contributed by atoms with Crippen LogP contribution in [0.15, 0.2) is 18.2 Å². The van der Waals surface area contributed by atoms with Crippen LogP contribution in [0.4, 0.5) is 0 Å². The maximum absolute atomic E-state index is 6.08. The first-order chi connectivity index (χ1) is 10.2. The van der Waals surface area contributed by atoms with E-state index in [2.05, 4.69) is 34.9 Å². The van der Waals surface area contributed by atoms with Gasteiger partial charge >= 0.3 is 0 Å². The van der Waals surface area contributed by atoms with Gasteiger partial charge in [-0.05, 0) is 37.0 Å². The Hall–Kier alpha value is -1.10. The molecule has 1 aromatic carbocycles. The van der Waals surface area contributed by atoms with Crippen LogP contribution in [0.2, 0.25) is 0 Å². The van der Waals surface area contributed by atoms with Gasteiger partial charge in [0.05, 0.1) is 7.11 Å². The first-order valence-electron chi connectivity index (χ1n) is 8.05. The van der Waals surface area contributed by atoms with Crippen LogP contribution in [0, 0.1) is 6.92 Å². The Kier molecular flexibility index (Phi) is 4.48. The second kappa shape index (κ2) is 6.34. The van der Waals surface area contributed by atoms with Crippen molar-refractivity contribution >= 4 is 0 Å². The fourth-order valence-electron chi connectivity index (χ4n) is 3.46. The molecule has 0 radical (unpaired) electrons. The lowest BCUT2D eigenvalue weighted by atomic mass is 10.0. The summed E-state index contributed by atoms with van der Waals surface area (Å²) in [6.07, 6.45) is 2.80. The van der Waals surface area contributed by atoms with Gasteiger partial charge in [0, 0.05) is 44.8 Å². The van der Waals surface area contributed by atoms with Crippen LogP contribution in [0.5, 0.6) is 5.75 Å². The van der Waals surface area contributed by atoms with Gasteiger partial charge in [-0.25, -0.2) is 0 Å². The van der Waals surface area contributed by atoms with E-state index < -0.39 is 0 Å². The first-order valence-corrected chi connectivity index (χ1v) is 8.05. The Morgan fingerprint density at radius 3 is 2.48 bits per heavy atom. The standard InChI is InChI=1S/C17H27N3O/c1-13-11-14(3-6-17(13)21-2)16(12-18)20-9-7-19(8-10-20)15-4-5-15/h3,6,11,15-16H,4-5,7-10,12,18H2,1-2H3. The molecule has 0 aromatic heterocycles. The molecule has 2 aliphatic rings. The molecular formula is C17H27N3O. The smallest absolute Gasteiger partial charge is 0.121 e. The maximum atomic E-state index is 6.08. The van der Waals surface area contributed by atoms with E-state index in [-0.39, 0.29) is 0 Å². The molecule has 1 aliphatic heterocycles. The first kappa shape index (κ1) is 14.8. The number of rotatable bonds is 5. The van der Waals surface area contributed by atoms with Crippen molar-refractivity contribution in [3.63, 3.8) is 0 Å². The molecule has 1 aliphatic carbocycles. The third-order valence-corrected chi connectivity index (χ3v) is 4.88. The van der Waals surface area contributed by atoms with Crippen LogP contribution in [-0.2, 0) is 0 Å². The molecule has 0 spiro atoms. The topological polar surface area (TPSA) is 41.7 Å². The van der Waals surface area contributed by atoms with Crippen molar-refractivity contribution in [2.75, 3.05) is 39.8 Å². The molecule has 1 saturated heterocycles. The lowest BCUT2D eigenvalue weighted by Gasteiger charge is -2.39. The molecule has 4 heteroatoms. The summed E-state index contributed by atoms with van der Waals surface area (Å²) in [6.45, 7) is 7.41. The zero-order chi connectivity index (χ0) is 14.8. The number of piperazine rings is 1. The van der Waals surface area contributed by atoms with Gasteiger partial charge in [-0.15, -0.1) is 0 Å². The Labute approximate surface area is 127 Å². The van der Waals surface area contributed by atoms with E-state index >= 15 is 0 Å². The van der Waals surface area contributed by atoms with Crippen molar-refractivity contribution in [3.8, 4) is 5.75 Å². The highest BCUT2D eigenvalue weighted by atomic mass is 16.5. The molecule has 1 heterocycles. The fraction of sp³-hybridized carbons (Fsp3) is 0.647. The van der Waals surface area contributed by atoms with Crippen LogP contribution in [0.3, 0.4) is 0 Å². The van der Waals surface area contributed by atoms with Gasteiger partial charge in [-0.2, -0.15) is 0 Å². The van der Waals surface area contributed by atoms with E-state index in [0.717, 1.165) is 24.9 Å². The molecule has 0 amide bonds. The van der Waals surface area contributed by atoms with E-state index in [1.165, 1.54) is 37.1 Å². The molecule has 116 valence electrons. The molecule has 2 fully saturated rings. The zero-order valence-electron chi connectivity index (χ0n) is 13.2. The minimum atomic E-state index is 0.330. The normalized spacial score (nSPS) is 22.2. The van der Waals surface area contributed by atoms with Crippen molar-refractivity contribution in [1.29, 1.82) is 0 Å². The van der Waals surface area contributed by atoms with Crippen LogP contribution in [-0.4, -0.2) is 55.7 Å². The number of ether oxygens (including phenoxy) is 1. The molecule has 1 aromatic rings. The molecule has 0 bridgehead atoms. The lowest BCUT2D eigenvalue weighted by Crippen LogP contribution is -2.49. The average Bonchev–Trinajstić information content (AvgIpc) is 3.34. The summed E-state index contributed by atoms with van der Waals surface area (Å²) in [5.41, 5.74) is 8.58. The number of methoxy groups -OCH3 is 1. The van der Waals surface area contributed by atoms with Crippen LogP contribution >= 0.6 is 0 Å². The van der Waals surface area contributed by atoms with Crippen LogP contribution < -0.4 is 10.5 Å². The Bertz CT molecular complexity index is 479. The fourth-order valence-corrected chi connectivity index (χ4v) is 3.46. The van der Waals surface area contributed by atoms with E-state index in [9.17, 15) is 0 Å². The molecule has 4 nitrogen and oxygen atoms in total. The summed E-state index contributed by atoms with van der Waals surface area (Å²) in [4.78, 5) is 5.18. The average molecular weight is 289 g/mol. The van der Waals surface area contributed by atoms with E-state index in [4.69, 9.17) is 10.5 Å². The maximum Gasteiger partial charge on any atom is 0.121 e. The van der Waals surface area contributed by atoms with Gasteiger partial charge in [-0.1, -0.05) is 12.1 Å². The largest absolute Gasteiger partial charge is 0.496 e. The second-order valence-electron chi connectivity index (χ2n) is 6.28. The number of nitrogens with zero attached hydrogens (tertiary/aromatic N) is 2. The van der Waals surface area contributed by atoms with Gasteiger partial charge in [-0.3, -0.25) is 9.80 Å². The second-order valence-corrected chi connectivity index (χ2v) is 6.28. The van der Waals surface area contributed by atoms with Crippen molar-refractivity contribution in [3.05, 3.63) is 29.3 Å². The number of benzene rings is 1. The Balaban J connectivity index is 1.68. The van der Waals surface area contributed by atoms with Crippen LogP contribution in [0.25, 0.3) is 0 Å². The van der Waals surface area contributed by atoms with Gasteiger partial charge in [0.25, 0.3) is 0 Å². The summed E-state index contributed by atoms with van der Waals surface area (Å²) >= 11 is 0. The SMILES string of the molecule is COc1ccc(C(CN)N2CCN(C3CC3)CC2)cc1C. The van der Waals surface area contributed by atoms with E-state index in [1.54, 1.807) is 7.11 Å². The molecule has 1 saturated carbocycles. The van der Waals surface area contributed by atoms with Gasteiger partial charge in [0.1, 0.15) is 5.75 Å². The quantitative estimate of drug-likeness (QED) is 0.897. The minimum absolute atomic E-state index is 0.330. The monoisotopic (exact) mass is 289 g/mol. The molecule has 2 N–H and O–H groups in total. The van der Waals surface area contributed by atoms with Crippen molar-refractivity contribution in [2.45, 2.75) is 31.8 Å². The van der Waals surface area contributed by atoms with Gasteiger partial charge in [0.2, 0.25) is 0 Å². The molecule has 1 atom stereocenters. The summed E-state index contributed by atoms with van der Waals surface area (Å²) in [5.74, 6) is 0.952. The van der Waals surface area contributed by atoms with Gasteiger partial charge < -0.3 is 10.5 Å². The van der Waals surface area contributed by atoms with Crippen LogP contribution in [0.1, 0.15) is 30.0 Å². The lowest BCUT2D eigenvalue weighted by molar-refractivity contribution is 0.0938. The molecule has 1 unspecified atom stereocenters. The summed E-state index contributed by atoms with van der Waals surface area (Å²) in [6, 6.07) is 7.66. The predicted molar refractivity (Wildman–Crippen MR) is 85.7 cm³/mol. The number of hydrogen-bond acceptors (Lipinski definition) is 4. The predicted octanol–water partition coefficient (Wildman–Crippen LogP) is 1.78. The molecular weight excluding hydrogens is 262 g/mol. The van der Waals surface area contributed by atoms with E-state index in [1.807, 2.05) is 0 Å². The molecule has 3 rings (SSSR count). The Morgan fingerprint density at radius 2 is 1.95 bits per heavy atom. The summed E-state index contributed by atoms with van der Waals surface area (Å²) in [7, 11) is 1.72. The highest BCUT2D eigenvalue weighted by Crippen LogP contribution is 2.30. The number of aryl methyl sites for hydroxylation is 1. The highest BCUT2D eigenvalue weighted by Gasteiger charge is 2.32. The molecule has 21 heavy (non-hydrogen) atoms. The van der Waals surface area contributed by atoms with Gasteiger partial charge in [0.15, 0.2) is 0 Å². The number of nitrogens with two attached hydrogens (primary N) is 1. The van der Waals surface area contributed by atoms with Crippen molar-refractivity contribution in [2.24, 2.45) is 5.73 Å². The van der Waals surface area contributed by atoms with Crippen molar-refractivity contribution in [1.82, 2.24) is 9.80 Å². The number of hydrogen-bond donors (Lipinski definition) is 1. The summed E-state index contributed by atoms with van der Waals surface area (Å²) < 4.78 is 5.35.